The lowest BCUT2D eigenvalue weighted by atomic mass is 10.0. The minimum absolute atomic E-state index is 0.0941. The first-order chi connectivity index (χ1) is 8.80. The van der Waals surface area contributed by atoms with Crippen LogP contribution in [-0.2, 0) is 4.79 Å². The van der Waals surface area contributed by atoms with Crippen molar-refractivity contribution in [3.8, 4) is 5.75 Å². The number of nitro groups is 1. The van der Waals surface area contributed by atoms with Gasteiger partial charge in [-0.3, -0.25) is 14.9 Å². The zero-order valence-corrected chi connectivity index (χ0v) is 11.1. The predicted octanol–water partition coefficient (Wildman–Crippen LogP) is 0.745. The second kappa shape index (κ2) is 5.66. The summed E-state index contributed by atoms with van der Waals surface area (Å²) < 4.78 is 5.39. The number of primary amides is 1. The molecule has 0 bridgehead atoms. The third kappa shape index (κ3) is 3.41. The van der Waals surface area contributed by atoms with E-state index in [0.717, 1.165) is 5.56 Å². The third-order valence-corrected chi connectivity index (χ3v) is 2.92. The van der Waals surface area contributed by atoms with Crippen molar-refractivity contribution in [2.75, 3.05) is 13.7 Å². The topological polar surface area (TPSA) is 107 Å². The first-order valence-electron chi connectivity index (χ1n) is 5.67. The molecule has 0 saturated carbocycles. The molecule has 1 unspecified atom stereocenters. The number of carbonyl (C=O) groups excluding carboxylic acids is 1. The second-order valence-corrected chi connectivity index (χ2v) is 4.46. The molecule has 7 nitrogen and oxygen atoms in total. The summed E-state index contributed by atoms with van der Waals surface area (Å²) >= 11 is 0. The second-order valence-electron chi connectivity index (χ2n) is 4.46. The van der Waals surface area contributed by atoms with E-state index in [-0.39, 0.29) is 18.0 Å². The number of nitrogens with zero attached hydrogens (tertiary/aromatic N) is 1. The average Bonchev–Trinajstić information content (AvgIpc) is 2.35. The van der Waals surface area contributed by atoms with Gasteiger partial charge in [-0.05, 0) is 32.5 Å². The molecule has 1 amide bonds. The van der Waals surface area contributed by atoms with E-state index >= 15 is 0 Å². The molecule has 104 valence electrons. The maximum atomic E-state index is 11.3. The number of likely N-dealkylation sites (N-methyl/N-ethyl adjacent to an activating group) is 1. The van der Waals surface area contributed by atoms with Crippen LogP contribution in [0, 0.1) is 17.0 Å². The fourth-order valence-electron chi connectivity index (χ4n) is 1.38. The summed E-state index contributed by atoms with van der Waals surface area (Å²) in [6.07, 6.45) is 0. The minimum Gasteiger partial charge on any atom is -0.484 e. The van der Waals surface area contributed by atoms with E-state index in [2.05, 4.69) is 5.32 Å². The van der Waals surface area contributed by atoms with Gasteiger partial charge < -0.3 is 15.8 Å². The zero-order chi connectivity index (χ0) is 14.6. The highest BCUT2D eigenvalue weighted by atomic mass is 16.6. The van der Waals surface area contributed by atoms with Gasteiger partial charge in [-0.1, -0.05) is 6.07 Å². The minimum atomic E-state index is -1.09. The quantitative estimate of drug-likeness (QED) is 0.584. The number of aryl methyl sites for hydroxylation is 1. The van der Waals surface area contributed by atoms with Gasteiger partial charge in [-0.15, -0.1) is 0 Å². The zero-order valence-electron chi connectivity index (χ0n) is 11.1. The SMILES string of the molecule is CNC(C)(COc1cc(C)ccc1[N+](=O)[O-])C(N)=O. The summed E-state index contributed by atoms with van der Waals surface area (Å²) in [5, 5.41) is 13.6. The molecular formula is C12H17N3O4. The van der Waals surface area contributed by atoms with Gasteiger partial charge in [0.1, 0.15) is 12.1 Å². The van der Waals surface area contributed by atoms with E-state index in [1.807, 2.05) is 0 Å². The van der Waals surface area contributed by atoms with Crippen LogP contribution in [0.1, 0.15) is 12.5 Å². The van der Waals surface area contributed by atoms with Crippen LogP contribution < -0.4 is 15.8 Å². The molecule has 1 atom stereocenters. The molecule has 0 saturated heterocycles. The van der Waals surface area contributed by atoms with E-state index < -0.39 is 16.4 Å². The van der Waals surface area contributed by atoms with E-state index in [4.69, 9.17) is 10.5 Å². The highest BCUT2D eigenvalue weighted by molar-refractivity contribution is 5.84. The van der Waals surface area contributed by atoms with Crippen molar-refractivity contribution in [3.63, 3.8) is 0 Å². The Bertz CT molecular complexity index is 504. The van der Waals surface area contributed by atoms with Crippen LogP contribution in [0.4, 0.5) is 5.69 Å². The number of ether oxygens (including phenoxy) is 1. The maximum Gasteiger partial charge on any atom is 0.310 e. The first kappa shape index (κ1) is 14.9. The first-order valence-corrected chi connectivity index (χ1v) is 5.67. The lowest BCUT2D eigenvalue weighted by Gasteiger charge is -2.25. The van der Waals surface area contributed by atoms with Crippen molar-refractivity contribution >= 4 is 11.6 Å². The monoisotopic (exact) mass is 267 g/mol. The summed E-state index contributed by atoms with van der Waals surface area (Å²) in [4.78, 5) is 21.7. The molecule has 1 rings (SSSR count). The van der Waals surface area contributed by atoms with E-state index in [9.17, 15) is 14.9 Å². The highest BCUT2D eigenvalue weighted by Crippen LogP contribution is 2.28. The van der Waals surface area contributed by atoms with Crippen molar-refractivity contribution < 1.29 is 14.5 Å². The van der Waals surface area contributed by atoms with Crippen molar-refractivity contribution in [2.45, 2.75) is 19.4 Å². The van der Waals surface area contributed by atoms with Gasteiger partial charge in [-0.25, -0.2) is 0 Å². The van der Waals surface area contributed by atoms with Gasteiger partial charge in [0.15, 0.2) is 5.75 Å². The number of nitro benzene ring substituents is 1. The van der Waals surface area contributed by atoms with Crippen LogP contribution in [0.5, 0.6) is 5.75 Å². The van der Waals surface area contributed by atoms with Crippen molar-refractivity contribution in [3.05, 3.63) is 33.9 Å². The normalized spacial score (nSPS) is 13.6. The molecule has 3 N–H and O–H groups in total. The number of rotatable bonds is 6. The van der Waals surface area contributed by atoms with E-state index in [1.165, 1.54) is 6.07 Å². The van der Waals surface area contributed by atoms with Gasteiger partial charge in [-0.2, -0.15) is 0 Å². The number of nitrogens with two attached hydrogens (primary N) is 1. The van der Waals surface area contributed by atoms with Gasteiger partial charge in [0, 0.05) is 6.07 Å². The van der Waals surface area contributed by atoms with Crippen LogP contribution in [0.25, 0.3) is 0 Å². The standard InChI is InChI=1S/C12H17N3O4/c1-8-4-5-9(15(17)18)10(6-8)19-7-12(2,14-3)11(13)16/h4-6,14H,7H2,1-3H3,(H2,13,16). The Morgan fingerprint density at radius 1 is 1.58 bits per heavy atom. The summed E-state index contributed by atoms with van der Waals surface area (Å²) in [5.41, 5.74) is 4.85. The third-order valence-electron chi connectivity index (χ3n) is 2.92. The highest BCUT2D eigenvalue weighted by Gasteiger charge is 2.31. The van der Waals surface area contributed by atoms with Gasteiger partial charge in [0.25, 0.3) is 0 Å². The molecule has 0 aliphatic rings. The number of carbonyl (C=O) groups is 1. The molecule has 0 aliphatic carbocycles. The Hall–Kier alpha value is -2.15. The molecule has 0 heterocycles. The molecule has 0 radical (unpaired) electrons. The molecule has 19 heavy (non-hydrogen) atoms. The number of nitrogens with one attached hydrogen (secondary N) is 1. The number of amides is 1. The number of hydrogen-bond acceptors (Lipinski definition) is 5. The molecule has 0 fully saturated rings. The summed E-state index contributed by atoms with van der Waals surface area (Å²) in [6, 6.07) is 4.54. The number of benzene rings is 1. The Morgan fingerprint density at radius 3 is 2.68 bits per heavy atom. The summed E-state index contributed by atoms with van der Waals surface area (Å²) in [7, 11) is 1.57. The van der Waals surface area contributed by atoms with Gasteiger partial charge >= 0.3 is 5.69 Å². The lowest BCUT2D eigenvalue weighted by Crippen LogP contribution is -2.55. The number of hydrogen-bond donors (Lipinski definition) is 2. The molecule has 7 heteroatoms. The smallest absolute Gasteiger partial charge is 0.310 e. The van der Waals surface area contributed by atoms with Crippen molar-refractivity contribution in [1.29, 1.82) is 0 Å². The Kier molecular flexibility index (Phi) is 4.44. The van der Waals surface area contributed by atoms with E-state index in [1.54, 1.807) is 33.0 Å². The molecule has 0 spiro atoms. The fourth-order valence-corrected chi connectivity index (χ4v) is 1.38. The molecule has 0 aliphatic heterocycles. The molecule has 1 aromatic rings. The lowest BCUT2D eigenvalue weighted by molar-refractivity contribution is -0.385. The largest absolute Gasteiger partial charge is 0.484 e. The Morgan fingerprint density at radius 2 is 2.21 bits per heavy atom. The van der Waals surface area contributed by atoms with Crippen LogP contribution in [0.3, 0.4) is 0 Å². The van der Waals surface area contributed by atoms with Crippen LogP contribution in [-0.4, -0.2) is 30.0 Å². The van der Waals surface area contributed by atoms with E-state index in [0.29, 0.717) is 0 Å². The summed E-state index contributed by atoms with van der Waals surface area (Å²) in [5.74, 6) is -0.474. The van der Waals surface area contributed by atoms with Crippen LogP contribution in [0.15, 0.2) is 18.2 Å². The average molecular weight is 267 g/mol. The van der Waals surface area contributed by atoms with Gasteiger partial charge in [0.2, 0.25) is 5.91 Å². The Labute approximate surface area is 110 Å². The van der Waals surface area contributed by atoms with Gasteiger partial charge in [0.05, 0.1) is 4.92 Å². The molecular weight excluding hydrogens is 250 g/mol. The molecule has 0 aromatic heterocycles. The Balaban J connectivity index is 2.97. The van der Waals surface area contributed by atoms with Crippen molar-refractivity contribution in [2.24, 2.45) is 5.73 Å². The summed E-state index contributed by atoms with van der Waals surface area (Å²) in [6.45, 7) is 3.27. The van der Waals surface area contributed by atoms with Crippen LogP contribution >= 0.6 is 0 Å². The van der Waals surface area contributed by atoms with Crippen molar-refractivity contribution in [1.82, 2.24) is 5.32 Å². The maximum absolute atomic E-state index is 11.3. The molecule has 1 aromatic carbocycles. The fraction of sp³-hybridized carbons (Fsp3) is 0.417. The predicted molar refractivity (Wildman–Crippen MR) is 70.0 cm³/mol. The van der Waals surface area contributed by atoms with Crippen LogP contribution in [0.2, 0.25) is 0 Å².